The van der Waals surface area contributed by atoms with Gasteiger partial charge in [0.05, 0.1) is 0 Å². The summed E-state index contributed by atoms with van der Waals surface area (Å²) in [6, 6.07) is 7.49. The first-order valence-corrected chi connectivity index (χ1v) is 7.83. The largest absolute Gasteiger partial charge is 0.316 e. The highest BCUT2D eigenvalue weighted by molar-refractivity contribution is 5.31. The monoisotopic (exact) mass is 259 g/mol. The van der Waals surface area contributed by atoms with Crippen molar-refractivity contribution in [3.05, 3.63) is 34.9 Å². The average molecular weight is 259 g/mol. The molecule has 1 fully saturated rings. The second kappa shape index (κ2) is 6.56. The Morgan fingerprint density at radius 1 is 1.16 bits per heavy atom. The summed E-state index contributed by atoms with van der Waals surface area (Å²) in [4.78, 5) is 0. The summed E-state index contributed by atoms with van der Waals surface area (Å²) in [5, 5.41) is 3.58. The van der Waals surface area contributed by atoms with Crippen molar-refractivity contribution < 1.29 is 0 Å². The summed E-state index contributed by atoms with van der Waals surface area (Å²) < 4.78 is 0. The van der Waals surface area contributed by atoms with Crippen LogP contribution in [0.5, 0.6) is 0 Å². The van der Waals surface area contributed by atoms with Crippen molar-refractivity contribution in [1.29, 1.82) is 0 Å². The molecule has 1 N–H and O–H groups in total. The first kappa shape index (κ1) is 14.6. The Labute approximate surface area is 118 Å². The maximum Gasteiger partial charge on any atom is 0.0133 e. The van der Waals surface area contributed by atoms with Gasteiger partial charge in [-0.1, -0.05) is 43.5 Å². The van der Waals surface area contributed by atoms with Gasteiger partial charge in [-0.15, -0.1) is 0 Å². The smallest absolute Gasteiger partial charge is 0.0133 e. The molecule has 1 aromatic rings. The molecule has 0 amide bonds. The maximum absolute atomic E-state index is 3.58. The molecule has 1 aliphatic carbocycles. The molecule has 0 heterocycles. The topological polar surface area (TPSA) is 12.0 Å². The second-order valence-electron chi connectivity index (χ2n) is 6.55. The van der Waals surface area contributed by atoms with Gasteiger partial charge >= 0.3 is 0 Å². The van der Waals surface area contributed by atoms with Crippen LogP contribution in [-0.2, 0) is 6.42 Å². The third kappa shape index (κ3) is 3.82. The Hall–Kier alpha value is -0.820. The van der Waals surface area contributed by atoms with Gasteiger partial charge in [-0.25, -0.2) is 0 Å². The molecule has 1 nitrogen and oxygen atoms in total. The van der Waals surface area contributed by atoms with E-state index in [1.54, 1.807) is 0 Å². The third-order valence-corrected chi connectivity index (χ3v) is 4.94. The van der Waals surface area contributed by atoms with E-state index in [-0.39, 0.29) is 0 Å². The van der Waals surface area contributed by atoms with E-state index < -0.39 is 0 Å². The summed E-state index contributed by atoms with van der Waals surface area (Å²) in [5.74, 6) is 1.80. The van der Waals surface area contributed by atoms with Crippen molar-refractivity contribution in [3.8, 4) is 0 Å². The lowest BCUT2D eigenvalue weighted by Crippen LogP contribution is -2.37. The molecule has 2 rings (SSSR count). The van der Waals surface area contributed by atoms with Gasteiger partial charge in [-0.2, -0.15) is 0 Å². The SMILES string of the molecule is CNC(Cc1cc(C)ccc1C)C1CCC(C)CC1. The Balaban J connectivity index is 2.04. The molecule has 0 spiro atoms. The van der Waals surface area contributed by atoms with Crippen molar-refractivity contribution in [1.82, 2.24) is 5.32 Å². The first-order valence-electron chi connectivity index (χ1n) is 7.83. The molecule has 1 saturated carbocycles. The Morgan fingerprint density at radius 2 is 1.84 bits per heavy atom. The molecule has 19 heavy (non-hydrogen) atoms. The average Bonchev–Trinajstić information content (AvgIpc) is 2.41. The molecule has 1 aromatic carbocycles. The highest BCUT2D eigenvalue weighted by Gasteiger charge is 2.25. The van der Waals surface area contributed by atoms with E-state index in [1.165, 1.54) is 48.8 Å². The molecule has 1 heteroatoms. The number of hydrogen-bond acceptors (Lipinski definition) is 1. The van der Waals surface area contributed by atoms with Gasteiger partial charge in [0.2, 0.25) is 0 Å². The van der Waals surface area contributed by atoms with E-state index in [9.17, 15) is 0 Å². The van der Waals surface area contributed by atoms with Crippen LogP contribution >= 0.6 is 0 Å². The second-order valence-corrected chi connectivity index (χ2v) is 6.55. The molecule has 1 unspecified atom stereocenters. The van der Waals surface area contributed by atoms with Gasteiger partial charge in [0.25, 0.3) is 0 Å². The summed E-state index contributed by atoms with van der Waals surface area (Å²) in [5.41, 5.74) is 4.35. The van der Waals surface area contributed by atoms with Crippen LogP contribution in [0.15, 0.2) is 18.2 Å². The zero-order chi connectivity index (χ0) is 13.8. The van der Waals surface area contributed by atoms with Crippen molar-refractivity contribution in [2.75, 3.05) is 7.05 Å². The molecule has 0 aromatic heterocycles. The predicted octanol–water partition coefficient (Wildman–Crippen LogP) is 4.26. The summed E-state index contributed by atoms with van der Waals surface area (Å²) in [7, 11) is 2.13. The summed E-state index contributed by atoms with van der Waals surface area (Å²) >= 11 is 0. The van der Waals surface area contributed by atoms with E-state index >= 15 is 0 Å². The van der Waals surface area contributed by atoms with Gasteiger partial charge in [-0.3, -0.25) is 0 Å². The number of likely N-dealkylation sites (N-methyl/N-ethyl adjacent to an activating group) is 1. The molecule has 1 atom stereocenters. The van der Waals surface area contributed by atoms with Crippen LogP contribution in [0, 0.1) is 25.7 Å². The Bertz CT molecular complexity index is 402. The normalized spacial score (nSPS) is 25.3. The lowest BCUT2D eigenvalue weighted by atomic mass is 9.77. The number of nitrogens with one attached hydrogen (secondary N) is 1. The quantitative estimate of drug-likeness (QED) is 0.852. The first-order chi connectivity index (χ1) is 9.10. The van der Waals surface area contributed by atoms with Crippen LogP contribution in [0.1, 0.15) is 49.3 Å². The molecular formula is C18H29N. The lowest BCUT2D eigenvalue weighted by molar-refractivity contribution is 0.235. The molecule has 0 aliphatic heterocycles. The van der Waals surface area contributed by atoms with Gasteiger partial charge in [0.1, 0.15) is 0 Å². The van der Waals surface area contributed by atoms with E-state index in [0.29, 0.717) is 6.04 Å². The van der Waals surface area contributed by atoms with Gasteiger partial charge in [0.15, 0.2) is 0 Å². The van der Waals surface area contributed by atoms with Crippen LogP contribution in [0.4, 0.5) is 0 Å². The molecule has 1 aliphatic rings. The predicted molar refractivity (Wildman–Crippen MR) is 83.6 cm³/mol. The molecule has 106 valence electrons. The maximum atomic E-state index is 3.58. The van der Waals surface area contributed by atoms with Crippen LogP contribution in [-0.4, -0.2) is 13.1 Å². The fourth-order valence-electron chi connectivity index (χ4n) is 3.45. The highest BCUT2D eigenvalue weighted by atomic mass is 14.9. The summed E-state index contributed by atoms with van der Waals surface area (Å²) in [6.45, 7) is 6.83. The molecule has 0 saturated heterocycles. The van der Waals surface area contributed by atoms with E-state index in [2.05, 4.69) is 51.3 Å². The van der Waals surface area contributed by atoms with Gasteiger partial charge in [-0.05, 0) is 63.1 Å². The zero-order valence-corrected chi connectivity index (χ0v) is 13.0. The van der Waals surface area contributed by atoms with E-state index in [4.69, 9.17) is 0 Å². The number of rotatable bonds is 4. The minimum atomic E-state index is 0.646. The molecular weight excluding hydrogens is 230 g/mol. The summed E-state index contributed by atoms with van der Waals surface area (Å²) in [6.07, 6.45) is 6.81. The van der Waals surface area contributed by atoms with Crippen LogP contribution < -0.4 is 5.32 Å². The van der Waals surface area contributed by atoms with Crippen LogP contribution in [0.25, 0.3) is 0 Å². The van der Waals surface area contributed by atoms with Gasteiger partial charge < -0.3 is 5.32 Å². The van der Waals surface area contributed by atoms with Crippen LogP contribution in [0.3, 0.4) is 0 Å². The van der Waals surface area contributed by atoms with E-state index in [1.807, 2.05) is 0 Å². The fraction of sp³-hybridized carbons (Fsp3) is 0.667. The number of aryl methyl sites for hydroxylation is 2. The highest BCUT2D eigenvalue weighted by Crippen LogP contribution is 2.31. The fourth-order valence-corrected chi connectivity index (χ4v) is 3.45. The number of hydrogen-bond donors (Lipinski definition) is 1. The molecule has 0 radical (unpaired) electrons. The minimum Gasteiger partial charge on any atom is -0.316 e. The zero-order valence-electron chi connectivity index (χ0n) is 13.0. The van der Waals surface area contributed by atoms with E-state index in [0.717, 1.165) is 11.8 Å². The van der Waals surface area contributed by atoms with Crippen molar-refractivity contribution in [2.24, 2.45) is 11.8 Å². The number of benzene rings is 1. The van der Waals surface area contributed by atoms with Gasteiger partial charge in [0, 0.05) is 6.04 Å². The standard InChI is InChI=1S/C18H29N/c1-13-6-9-16(10-7-13)18(19-4)12-17-11-14(2)5-8-15(17)3/h5,8,11,13,16,18-19H,6-7,9-10,12H2,1-4H3. The molecule has 0 bridgehead atoms. The minimum absolute atomic E-state index is 0.646. The van der Waals surface area contributed by atoms with Crippen molar-refractivity contribution in [2.45, 2.75) is 58.9 Å². The lowest BCUT2D eigenvalue weighted by Gasteiger charge is -2.33. The Kier molecular flexibility index (Phi) is 5.04. The van der Waals surface area contributed by atoms with Crippen LogP contribution in [0.2, 0.25) is 0 Å². The van der Waals surface area contributed by atoms with Crippen molar-refractivity contribution >= 4 is 0 Å². The third-order valence-electron chi connectivity index (χ3n) is 4.94. The van der Waals surface area contributed by atoms with Crippen molar-refractivity contribution in [3.63, 3.8) is 0 Å². The Morgan fingerprint density at radius 3 is 2.47 bits per heavy atom.